The fourth-order valence-electron chi connectivity index (χ4n) is 4.59. The molecule has 2 aliphatic rings. The van der Waals surface area contributed by atoms with Crippen molar-refractivity contribution >= 4 is 5.91 Å². The Hall–Kier alpha value is -2.32. The van der Waals surface area contributed by atoms with E-state index in [1.54, 1.807) is 19.2 Å². The number of aromatic nitrogens is 2. The zero-order valence-electron chi connectivity index (χ0n) is 18.0. The number of carbonyl (C=O) groups excluding carboxylic acids is 1. The van der Waals surface area contributed by atoms with E-state index < -0.39 is 0 Å². The van der Waals surface area contributed by atoms with E-state index in [-0.39, 0.29) is 29.5 Å². The summed E-state index contributed by atoms with van der Waals surface area (Å²) in [5, 5.41) is 4.37. The Morgan fingerprint density at radius 1 is 1.29 bits per heavy atom. The minimum atomic E-state index is -0.389. The lowest BCUT2D eigenvalue weighted by atomic mass is 9.76. The molecule has 0 bridgehead atoms. The number of hydrogen-bond acceptors (Lipinski definition) is 6. The summed E-state index contributed by atoms with van der Waals surface area (Å²) in [4.78, 5) is 19.7. The van der Waals surface area contributed by atoms with Crippen LogP contribution < -0.4 is 0 Å². The second-order valence-corrected chi connectivity index (χ2v) is 8.59. The van der Waals surface area contributed by atoms with E-state index in [1.807, 2.05) is 4.90 Å². The number of halogens is 1. The number of rotatable bonds is 7. The number of nitrogens with zero attached hydrogens (tertiary/aromatic N) is 3. The van der Waals surface area contributed by atoms with Gasteiger partial charge in [-0.15, -0.1) is 0 Å². The van der Waals surface area contributed by atoms with Crippen LogP contribution in [0, 0.1) is 5.82 Å². The minimum absolute atomic E-state index is 0.0289. The van der Waals surface area contributed by atoms with Crippen molar-refractivity contribution in [1.82, 2.24) is 15.0 Å². The topological polar surface area (TPSA) is 77.7 Å². The van der Waals surface area contributed by atoms with Crippen molar-refractivity contribution in [2.75, 3.05) is 40.0 Å². The maximum absolute atomic E-state index is 13.2. The Balaban J connectivity index is 1.51. The highest BCUT2D eigenvalue weighted by atomic mass is 19.1. The summed E-state index contributed by atoms with van der Waals surface area (Å²) < 4.78 is 29.7. The first-order chi connectivity index (χ1) is 15.1. The molecular formula is C23H30FN3O4. The van der Waals surface area contributed by atoms with Crippen LogP contribution in [0.5, 0.6) is 0 Å². The van der Waals surface area contributed by atoms with Crippen molar-refractivity contribution in [3.8, 4) is 0 Å². The van der Waals surface area contributed by atoms with Gasteiger partial charge in [-0.2, -0.15) is 4.98 Å². The fraction of sp³-hybridized carbons (Fsp3) is 0.609. The monoisotopic (exact) mass is 431 g/mol. The van der Waals surface area contributed by atoms with Crippen LogP contribution in [0.1, 0.15) is 55.3 Å². The number of amides is 1. The van der Waals surface area contributed by atoms with Crippen molar-refractivity contribution in [3.05, 3.63) is 47.4 Å². The molecule has 4 rings (SSSR count). The normalized spacial score (nSPS) is 22.6. The first-order valence-corrected chi connectivity index (χ1v) is 11.0. The molecular weight excluding hydrogens is 401 g/mol. The van der Waals surface area contributed by atoms with Gasteiger partial charge in [0.2, 0.25) is 11.8 Å². The largest absolute Gasteiger partial charge is 0.385 e. The summed E-state index contributed by atoms with van der Waals surface area (Å²) in [6.45, 7) is 3.20. The van der Waals surface area contributed by atoms with Gasteiger partial charge in [-0.1, -0.05) is 17.3 Å². The highest BCUT2D eigenvalue weighted by Crippen LogP contribution is 2.37. The van der Waals surface area contributed by atoms with Crippen LogP contribution in [0.25, 0.3) is 0 Å². The zero-order chi connectivity index (χ0) is 21.7. The lowest BCUT2D eigenvalue weighted by Gasteiger charge is -2.41. The summed E-state index contributed by atoms with van der Waals surface area (Å²) in [7, 11) is 1.68. The third-order valence-electron chi connectivity index (χ3n) is 6.47. The Morgan fingerprint density at radius 2 is 2.06 bits per heavy atom. The van der Waals surface area contributed by atoms with Gasteiger partial charge in [-0.25, -0.2) is 4.39 Å². The van der Waals surface area contributed by atoms with Gasteiger partial charge in [0, 0.05) is 45.9 Å². The van der Waals surface area contributed by atoms with Crippen LogP contribution in [0.15, 0.2) is 28.8 Å². The molecule has 2 aliphatic heterocycles. The van der Waals surface area contributed by atoms with E-state index in [0.29, 0.717) is 44.6 Å². The van der Waals surface area contributed by atoms with E-state index in [1.165, 1.54) is 12.1 Å². The lowest BCUT2D eigenvalue weighted by molar-refractivity contribution is -0.133. The van der Waals surface area contributed by atoms with E-state index in [2.05, 4.69) is 5.16 Å². The molecule has 1 atom stereocenters. The standard InChI is InChI=1S/C23H30FN3O4/c1-29-14-10-23(22-25-21(31-26-22)18-7-12-30-13-8-18)9-2-11-27(16-23)20(28)15-17-3-5-19(24)6-4-17/h3-6,18H,2,7-16H2,1H3. The van der Waals surface area contributed by atoms with Crippen molar-refractivity contribution in [2.45, 2.75) is 49.9 Å². The van der Waals surface area contributed by atoms with Crippen molar-refractivity contribution in [3.63, 3.8) is 0 Å². The predicted octanol–water partition coefficient (Wildman–Crippen LogP) is 3.24. The van der Waals surface area contributed by atoms with Crippen LogP contribution in [0.3, 0.4) is 0 Å². The number of piperidine rings is 1. The number of carbonyl (C=O) groups is 1. The zero-order valence-corrected chi connectivity index (χ0v) is 18.0. The van der Waals surface area contributed by atoms with Gasteiger partial charge < -0.3 is 18.9 Å². The maximum atomic E-state index is 13.2. The van der Waals surface area contributed by atoms with Crippen molar-refractivity contribution < 1.29 is 23.2 Å². The molecule has 0 radical (unpaired) electrons. The molecule has 0 N–H and O–H groups in total. The van der Waals surface area contributed by atoms with Crippen LogP contribution in [0.4, 0.5) is 4.39 Å². The highest BCUT2D eigenvalue weighted by Gasteiger charge is 2.42. The van der Waals surface area contributed by atoms with E-state index in [4.69, 9.17) is 19.0 Å². The Bertz CT molecular complexity index is 866. The number of methoxy groups -OCH3 is 1. The second-order valence-electron chi connectivity index (χ2n) is 8.59. The van der Waals surface area contributed by atoms with Crippen LogP contribution >= 0.6 is 0 Å². The number of benzene rings is 1. The Labute approximate surface area is 181 Å². The molecule has 2 saturated heterocycles. The predicted molar refractivity (Wildman–Crippen MR) is 111 cm³/mol. The smallest absolute Gasteiger partial charge is 0.229 e. The van der Waals surface area contributed by atoms with Crippen LogP contribution in [0.2, 0.25) is 0 Å². The molecule has 0 saturated carbocycles. The number of ether oxygens (including phenoxy) is 2. The highest BCUT2D eigenvalue weighted by molar-refractivity contribution is 5.79. The number of likely N-dealkylation sites (tertiary alicyclic amines) is 1. The van der Waals surface area contributed by atoms with Gasteiger partial charge in [0.25, 0.3) is 0 Å². The molecule has 1 aromatic carbocycles. The molecule has 3 heterocycles. The molecule has 168 valence electrons. The molecule has 2 fully saturated rings. The molecule has 0 spiro atoms. The van der Waals surface area contributed by atoms with E-state index in [0.717, 1.165) is 37.7 Å². The summed E-state index contributed by atoms with van der Waals surface area (Å²) in [6, 6.07) is 6.10. The van der Waals surface area contributed by atoms with Gasteiger partial charge in [0.15, 0.2) is 5.82 Å². The minimum Gasteiger partial charge on any atom is -0.385 e. The molecule has 1 unspecified atom stereocenters. The van der Waals surface area contributed by atoms with Gasteiger partial charge in [-0.3, -0.25) is 4.79 Å². The quantitative estimate of drug-likeness (QED) is 0.670. The van der Waals surface area contributed by atoms with E-state index >= 15 is 0 Å². The SMILES string of the molecule is COCCC1(c2noc(C3CCOCC3)n2)CCCN(C(=O)Cc2ccc(F)cc2)C1. The van der Waals surface area contributed by atoms with Crippen molar-refractivity contribution in [2.24, 2.45) is 0 Å². The van der Waals surface area contributed by atoms with Crippen molar-refractivity contribution in [1.29, 1.82) is 0 Å². The van der Waals surface area contributed by atoms with Crippen LogP contribution in [-0.4, -0.2) is 61.0 Å². The Morgan fingerprint density at radius 3 is 2.81 bits per heavy atom. The fourth-order valence-corrected chi connectivity index (χ4v) is 4.59. The van der Waals surface area contributed by atoms with Gasteiger partial charge in [0.1, 0.15) is 5.82 Å². The molecule has 1 aromatic heterocycles. The molecule has 2 aromatic rings. The van der Waals surface area contributed by atoms with Gasteiger partial charge in [0.05, 0.1) is 11.8 Å². The third-order valence-corrected chi connectivity index (χ3v) is 6.47. The summed E-state index contributed by atoms with van der Waals surface area (Å²) in [5.74, 6) is 1.30. The molecule has 0 aliphatic carbocycles. The summed E-state index contributed by atoms with van der Waals surface area (Å²) in [5.41, 5.74) is 0.417. The van der Waals surface area contributed by atoms with Gasteiger partial charge >= 0.3 is 0 Å². The van der Waals surface area contributed by atoms with Gasteiger partial charge in [-0.05, 0) is 49.8 Å². The average Bonchev–Trinajstić information content (AvgIpc) is 3.31. The third kappa shape index (κ3) is 5.13. The van der Waals surface area contributed by atoms with Crippen LogP contribution in [-0.2, 0) is 26.1 Å². The molecule has 8 heteroatoms. The molecule has 31 heavy (non-hydrogen) atoms. The van der Waals surface area contributed by atoms with E-state index in [9.17, 15) is 9.18 Å². The first kappa shape index (κ1) is 21.9. The summed E-state index contributed by atoms with van der Waals surface area (Å²) >= 11 is 0. The average molecular weight is 432 g/mol. The Kier molecular flexibility index (Phi) is 6.97. The lowest BCUT2D eigenvalue weighted by Crippen LogP contribution is -2.50. The maximum Gasteiger partial charge on any atom is 0.229 e. The number of hydrogen-bond donors (Lipinski definition) is 0. The molecule has 1 amide bonds. The first-order valence-electron chi connectivity index (χ1n) is 11.0. The summed E-state index contributed by atoms with van der Waals surface area (Å²) in [6.07, 6.45) is 4.48. The second kappa shape index (κ2) is 9.87. The molecule has 7 nitrogen and oxygen atoms in total.